The highest BCUT2D eigenvalue weighted by Gasteiger charge is 2.09. The minimum absolute atomic E-state index is 0.610. The Morgan fingerprint density at radius 1 is 1.00 bits per heavy atom. The molecule has 0 aliphatic heterocycles. The van der Waals surface area contributed by atoms with Crippen LogP contribution in [0.25, 0.3) is 0 Å². The molecule has 4 nitrogen and oxygen atoms in total. The van der Waals surface area contributed by atoms with Gasteiger partial charge in [0.25, 0.3) is 0 Å². The highest BCUT2D eigenvalue weighted by molar-refractivity contribution is 5.76. The van der Waals surface area contributed by atoms with Gasteiger partial charge in [0, 0.05) is 17.8 Å². The smallest absolute Gasteiger partial charge is 0.162 e. The van der Waals surface area contributed by atoms with E-state index >= 15 is 0 Å². The van der Waals surface area contributed by atoms with Crippen molar-refractivity contribution in [2.75, 3.05) is 25.3 Å². The molecule has 2 aromatic rings. The number of hydrogen-bond donors (Lipinski definition) is 2. The van der Waals surface area contributed by atoms with E-state index in [4.69, 9.17) is 15.2 Å². The van der Waals surface area contributed by atoms with Crippen LogP contribution in [-0.2, 0) is 0 Å². The summed E-state index contributed by atoms with van der Waals surface area (Å²) >= 11 is 0. The SMILES string of the molecule is COc1cc(N)c(Nc2cccc(C)c2)cc1OC. The van der Waals surface area contributed by atoms with E-state index in [1.165, 1.54) is 5.56 Å². The molecule has 0 heterocycles. The van der Waals surface area contributed by atoms with Crippen LogP contribution in [0.5, 0.6) is 11.5 Å². The molecule has 0 bridgehead atoms. The molecule has 0 spiro atoms. The lowest BCUT2D eigenvalue weighted by atomic mass is 10.2. The first kappa shape index (κ1) is 13.1. The van der Waals surface area contributed by atoms with Crippen LogP contribution >= 0.6 is 0 Å². The van der Waals surface area contributed by atoms with Crippen LogP contribution in [0, 0.1) is 6.92 Å². The Kier molecular flexibility index (Phi) is 3.80. The molecule has 0 aliphatic carbocycles. The Morgan fingerprint density at radius 2 is 1.68 bits per heavy atom. The molecule has 2 aromatic carbocycles. The molecule has 19 heavy (non-hydrogen) atoms. The van der Waals surface area contributed by atoms with Crippen LogP contribution in [0.4, 0.5) is 17.1 Å². The van der Waals surface area contributed by atoms with Gasteiger partial charge in [-0.2, -0.15) is 0 Å². The molecule has 0 unspecified atom stereocenters. The second-order valence-corrected chi connectivity index (χ2v) is 4.29. The van der Waals surface area contributed by atoms with E-state index in [0.717, 1.165) is 11.4 Å². The lowest BCUT2D eigenvalue weighted by Gasteiger charge is -2.14. The van der Waals surface area contributed by atoms with Gasteiger partial charge in [-0.1, -0.05) is 12.1 Å². The summed E-state index contributed by atoms with van der Waals surface area (Å²) in [6.07, 6.45) is 0. The molecule has 0 atom stereocenters. The fourth-order valence-electron chi connectivity index (χ4n) is 1.88. The summed E-state index contributed by atoms with van der Waals surface area (Å²) in [6.45, 7) is 2.04. The van der Waals surface area contributed by atoms with Gasteiger partial charge in [0.15, 0.2) is 11.5 Å². The second-order valence-electron chi connectivity index (χ2n) is 4.29. The Bertz CT molecular complexity index is 582. The maximum Gasteiger partial charge on any atom is 0.162 e. The van der Waals surface area contributed by atoms with Crippen LogP contribution in [0.3, 0.4) is 0 Å². The average molecular weight is 258 g/mol. The third-order valence-electron chi connectivity index (χ3n) is 2.85. The number of ether oxygens (including phenoxy) is 2. The monoisotopic (exact) mass is 258 g/mol. The molecule has 4 heteroatoms. The van der Waals surface area contributed by atoms with Gasteiger partial charge in [0.1, 0.15) is 0 Å². The molecule has 100 valence electrons. The van der Waals surface area contributed by atoms with Crippen molar-refractivity contribution < 1.29 is 9.47 Å². The fraction of sp³-hybridized carbons (Fsp3) is 0.200. The van der Waals surface area contributed by atoms with E-state index in [1.54, 1.807) is 20.3 Å². The standard InChI is InChI=1S/C15H18N2O2/c1-10-5-4-6-11(7-10)17-13-9-15(19-3)14(18-2)8-12(13)16/h4-9,17H,16H2,1-3H3. The Labute approximate surface area is 113 Å². The lowest BCUT2D eigenvalue weighted by molar-refractivity contribution is 0.355. The topological polar surface area (TPSA) is 56.5 Å². The fourth-order valence-corrected chi connectivity index (χ4v) is 1.88. The highest BCUT2D eigenvalue weighted by atomic mass is 16.5. The summed E-state index contributed by atoms with van der Waals surface area (Å²) in [6, 6.07) is 11.7. The third kappa shape index (κ3) is 2.91. The number of rotatable bonds is 4. The van der Waals surface area contributed by atoms with Gasteiger partial charge >= 0.3 is 0 Å². The number of nitrogens with two attached hydrogens (primary N) is 1. The molecule has 3 N–H and O–H groups in total. The maximum atomic E-state index is 6.01. The van der Waals surface area contributed by atoms with E-state index in [2.05, 4.69) is 11.4 Å². The predicted octanol–water partition coefficient (Wildman–Crippen LogP) is 3.34. The zero-order valence-corrected chi connectivity index (χ0v) is 11.4. The second kappa shape index (κ2) is 5.52. The summed E-state index contributed by atoms with van der Waals surface area (Å²) in [5.74, 6) is 1.27. The number of hydrogen-bond acceptors (Lipinski definition) is 4. The number of benzene rings is 2. The first-order chi connectivity index (χ1) is 9.13. The van der Waals surface area contributed by atoms with Gasteiger partial charge in [0.05, 0.1) is 25.6 Å². The Balaban J connectivity index is 2.35. The maximum absolute atomic E-state index is 6.01. The van der Waals surface area contributed by atoms with E-state index in [0.29, 0.717) is 17.2 Å². The first-order valence-corrected chi connectivity index (χ1v) is 5.99. The quantitative estimate of drug-likeness (QED) is 0.826. The van der Waals surface area contributed by atoms with E-state index in [-0.39, 0.29) is 0 Å². The van der Waals surface area contributed by atoms with Gasteiger partial charge in [0.2, 0.25) is 0 Å². The number of aryl methyl sites for hydroxylation is 1. The largest absolute Gasteiger partial charge is 0.493 e. The number of methoxy groups -OCH3 is 2. The molecule has 0 fully saturated rings. The summed E-state index contributed by atoms with van der Waals surface area (Å²) in [7, 11) is 3.19. The Morgan fingerprint density at radius 3 is 2.32 bits per heavy atom. The van der Waals surface area contributed by atoms with Crippen molar-refractivity contribution in [2.45, 2.75) is 6.92 Å². The van der Waals surface area contributed by atoms with Gasteiger partial charge in [-0.25, -0.2) is 0 Å². The van der Waals surface area contributed by atoms with Crippen molar-refractivity contribution in [3.05, 3.63) is 42.0 Å². The molecule has 0 aromatic heterocycles. The zero-order valence-electron chi connectivity index (χ0n) is 11.4. The molecule has 0 aliphatic rings. The molecule has 0 radical (unpaired) electrons. The molecule has 0 saturated carbocycles. The highest BCUT2D eigenvalue weighted by Crippen LogP contribution is 2.36. The van der Waals surface area contributed by atoms with E-state index in [9.17, 15) is 0 Å². The average Bonchev–Trinajstić information content (AvgIpc) is 2.40. The molecule has 2 rings (SSSR count). The van der Waals surface area contributed by atoms with Gasteiger partial charge in [-0.15, -0.1) is 0 Å². The number of nitrogens with one attached hydrogen (secondary N) is 1. The zero-order chi connectivity index (χ0) is 13.8. The summed E-state index contributed by atoms with van der Waals surface area (Å²) in [5, 5.41) is 3.28. The van der Waals surface area contributed by atoms with Crippen LogP contribution in [0.2, 0.25) is 0 Å². The van der Waals surface area contributed by atoms with E-state index in [1.807, 2.05) is 31.2 Å². The van der Waals surface area contributed by atoms with Crippen LogP contribution in [0.15, 0.2) is 36.4 Å². The molecule has 0 saturated heterocycles. The van der Waals surface area contributed by atoms with Crippen LogP contribution in [0.1, 0.15) is 5.56 Å². The summed E-state index contributed by atoms with van der Waals surface area (Å²) in [5.41, 5.74) is 9.58. The van der Waals surface area contributed by atoms with Crippen molar-refractivity contribution in [3.8, 4) is 11.5 Å². The summed E-state index contributed by atoms with van der Waals surface area (Å²) < 4.78 is 10.5. The minimum Gasteiger partial charge on any atom is -0.493 e. The molecular weight excluding hydrogens is 240 g/mol. The predicted molar refractivity (Wildman–Crippen MR) is 78.4 cm³/mol. The van der Waals surface area contributed by atoms with Crippen LogP contribution in [-0.4, -0.2) is 14.2 Å². The van der Waals surface area contributed by atoms with Crippen molar-refractivity contribution >= 4 is 17.1 Å². The first-order valence-electron chi connectivity index (χ1n) is 5.99. The third-order valence-corrected chi connectivity index (χ3v) is 2.85. The normalized spacial score (nSPS) is 10.1. The van der Waals surface area contributed by atoms with Gasteiger partial charge in [-0.05, 0) is 24.6 Å². The summed E-state index contributed by atoms with van der Waals surface area (Å²) in [4.78, 5) is 0. The minimum atomic E-state index is 0.610. The van der Waals surface area contributed by atoms with E-state index < -0.39 is 0 Å². The van der Waals surface area contributed by atoms with Crippen molar-refractivity contribution in [2.24, 2.45) is 0 Å². The number of nitrogen functional groups attached to an aromatic ring is 1. The molecular formula is C15H18N2O2. The molecule has 0 amide bonds. The van der Waals surface area contributed by atoms with Gasteiger partial charge < -0.3 is 20.5 Å². The van der Waals surface area contributed by atoms with Crippen LogP contribution < -0.4 is 20.5 Å². The Hall–Kier alpha value is -2.36. The van der Waals surface area contributed by atoms with Crippen molar-refractivity contribution in [3.63, 3.8) is 0 Å². The number of anilines is 3. The lowest BCUT2D eigenvalue weighted by Crippen LogP contribution is -1.99. The van der Waals surface area contributed by atoms with Crippen molar-refractivity contribution in [1.29, 1.82) is 0 Å². The van der Waals surface area contributed by atoms with Crippen molar-refractivity contribution in [1.82, 2.24) is 0 Å². The van der Waals surface area contributed by atoms with Gasteiger partial charge in [-0.3, -0.25) is 0 Å².